The van der Waals surface area contributed by atoms with Crippen molar-refractivity contribution in [2.45, 2.75) is 24.5 Å². The van der Waals surface area contributed by atoms with Gasteiger partial charge in [-0.05, 0) is 43.2 Å². The van der Waals surface area contributed by atoms with Gasteiger partial charge in [0.25, 0.3) is 17.6 Å². The quantitative estimate of drug-likeness (QED) is 0.307. The SMILES string of the molecule is C=CCN1C(=O)C2(/C(=C(/O)c3ccc(Cl)cc3)C(=O)C(=O)N2CC2CCCO2)c2ccccc21. The third-order valence-corrected chi connectivity index (χ3v) is 6.90. The standard InChI is InChI=1S/C26H23ClN2O5/c1-2-13-28-20-8-4-3-7-19(20)26(25(28)33)21(22(30)16-9-11-17(27)12-10-16)23(31)24(32)29(26)15-18-6-5-14-34-18/h2-4,7-12,18,30H,1,5-6,13-15H2/b22-21+. The second kappa shape index (κ2) is 8.42. The number of ketones is 1. The molecule has 0 bridgehead atoms. The lowest BCUT2D eigenvalue weighted by Gasteiger charge is -2.35. The highest BCUT2D eigenvalue weighted by atomic mass is 35.5. The van der Waals surface area contributed by atoms with Gasteiger partial charge in [-0.15, -0.1) is 6.58 Å². The van der Waals surface area contributed by atoms with E-state index in [1.807, 2.05) is 0 Å². The second-order valence-corrected chi connectivity index (χ2v) is 8.98. The zero-order valence-corrected chi connectivity index (χ0v) is 19.1. The minimum atomic E-state index is -1.80. The van der Waals surface area contributed by atoms with Gasteiger partial charge in [0.05, 0.1) is 17.4 Å². The summed E-state index contributed by atoms with van der Waals surface area (Å²) in [4.78, 5) is 43.9. The van der Waals surface area contributed by atoms with Crippen LogP contribution in [0.1, 0.15) is 24.0 Å². The van der Waals surface area contributed by atoms with Crippen molar-refractivity contribution in [3.63, 3.8) is 0 Å². The number of amides is 2. The molecule has 7 nitrogen and oxygen atoms in total. The molecule has 2 atom stereocenters. The predicted molar refractivity (Wildman–Crippen MR) is 127 cm³/mol. The molecule has 174 valence electrons. The average molecular weight is 479 g/mol. The van der Waals surface area contributed by atoms with Gasteiger partial charge >= 0.3 is 0 Å². The molecule has 3 aliphatic rings. The first kappa shape index (κ1) is 22.4. The van der Waals surface area contributed by atoms with Crippen molar-refractivity contribution in [1.29, 1.82) is 0 Å². The number of rotatable bonds is 5. The Morgan fingerprint density at radius 2 is 1.91 bits per heavy atom. The largest absolute Gasteiger partial charge is 0.507 e. The van der Waals surface area contributed by atoms with E-state index in [9.17, 15) is 19.5 Å². The van der Waals surface area contributed by atoms with Crippen LogP contribution in [-0.2, 0) is 24.7 Å². The van der Waals surface area contributed by atoms with Crippen molar-refractivity contribution in [2.24, 2.45) is 0 Å². The third kappa shape index (κ3) is 3.11. The highest BCUT2D eigenvalue weighted by molar-refractivity contribution is 6.50. The van der Waals surface area contributed by atoms with E-state index in [-0.39, 0.29) is 30.3 Å². The van der Waals surface area contributed by atoms with Gasteiger partial charge in [0.1, 0.15) is 5.76 Å². The first-order valence-electron chi connectivity index (χ1n) is 11.1. The van der Waals surface area contributed by atoms with E-state index in [0.29, 0.717) is 29.3 Å². The van der Waals surface area contributed by atoms with Crippen LogP contribution in [0.3, 0.4) is 0 Å². The Balaban J connectivity index is 1.79. The van der Waals surface area contributed by atoms with Crippen molar-refractivity contribution >= 4 is 40.6 Å². The molecule has 1 N–H and O–H groups in total. The van der Waals surface area contributed by atoms with Crippen LogP contribution in [0.15, 0.2) is 66.8 Å². The van der Waals surface area contributed by atoms with Crippen molar-refractivity contribution < 1.29 is 24.2 Å². The second-order valence-electron chi connectivity index (χ2n) is 8.54. The lowest BCUT2D eigenvalue weighted by molar-refractivity contribution is -0.145. The molecule has 2 unspecified atom stereocenters. The number of carbonyl (C=O) groups is 3. The molecule has 1 spiro atoms. The van der Waals surface area contributed by atoms with Crippen molar-refractivity contribution in [2.75, 3.05) is 24.6 Å². The smallest absolute Gasteiger partial charge is 0.296 e. The maximum atomic E-state index is 14.2. The van der Waals surface area contributed by atoms with Gasteiger partial charge < -0.3 is 19.6 Å². The van der Waals surface area contributed by atoms with E-state index < -0.39 is 28.9 Å². The van der Waals surface area contributed by atoms with Crippen molar-refractivity contribution in [3.8, 4) is 0 Å². The van der Waals surface area contributed by atoms with Crippen LogP contribution < -0.4 is 4.90 Å². The Labute approximate surface area is 201 Å². The van der Waals surface area contributed by atoms with Gasteiger partial charge in [0.2, 0.25) is 0 Å². The molecule has 0 saturated carbocycles. The Bertz CT molecular complexity index is 1230. The number of para-hydroxylation sites is 1. The van der Waals surface area contributed by atoms with Gasteiger partial charge in [0.15, 0.2) is 5.54 Å². The maximum Gasteiger partial charge on any atom is 0.296 e. The summed E-state index contributed by atoms with van der Waals surface area (Å²) in [5.74, 6) is -2.65. The van der Waals surface area contributed by atoms with Crippen LogP contribution in [0.5, 0.6) is 0 Å². The van der Waals surface area contributed by atoms with E-state index >= 15 is 0 Å². The van der Waals surface area contributed by atoms with E-state index in [0.717, 1.165) is 6.42 Å². The van der Waals surface area contributed by atoms with E-state index in [4.69, 9.17) is 16.3 Å². The van der Waals surface area contributed by atoms with E-state index in [1.165, 1.54) is 9.80 Å². The summed E-state index contributed by atoms with van der Waals surface area (Å²) in [6.45, 7) is 4.55. The van der Waals surface area contributed by atoms with Crippen molar-refractivity contribution in [1.82, 2.24) is 4.90 Å². The van der Waals surface area contributed by atoms with Gasteiger partial charge in [0, 0.05) is 35.8 Å². The number of halogens is 1. The molecular weight excluding hydrogens is 456 g/mol. The maximum absolute atomic E-state index is 14.2. The molecule has 2 amide bonds. The monoisotopic (exact) mass is 478 g/mol. The molecule has 0 aromatic heterocycles. The minimum Gasteiger partial charge on any atom is -0.507 e. The van der Waals surface area contributed by atoms with Gasteiger partial charge in [-0.25, -0.2) is 0 Å². The summed E-state index contributed by atoms with van der Waals surface area (Å²) < 4.78 is 5.75. The number of aliphatic hydroxyl groups excluding tert-OH is 1. The Morgan fingerprint density at radius 1 is 1.18 bits per heavy atom. The zero-order valence-electron chi connectivity index (χ0n) is 18.4. The molecule has 2 aromatic carbocycles. The number of nitrogens with zero attached hydrogens (tertiary/aromatic N) is 2. The number of aliphatic hydroxyl groups is 1. The highest BCUT2D eigenvalue weighted by Gasteiger charge is 2.67. The van der Waals surface area contributed by atoms with Crippen molar-refractivity contribution in [3.05, 3.63) is 82.9 Å². The Morgan fingerprint density at radius 3 is 2.59 bits per heavy atom. The molecule has 0 aliphatic carbocycles. The molecule has 3 heterocycles. The fourth-order valence-corrected chi connectivity index (χ4v) is 5.30. The number of Topliss-reactive ketones (excluding diaryl/α,β-unsaturated/α-hetero) is 1. The van der Waals surface area contributed by atoms with Crippen LogP contribution >= 0.6 is 11.6 Å². The van der Waals surface area contributed by atoms with Gasteiger partial charge in [-0.1, -0.05) is 35.9 Å². The number of ether oxygens (including phenoxy) is 1. The number of fused-ring (bicyclic) bond motifs is 2. The zero-order chi connectivity index (χ0) is 24.0. The molecule has 0 radical (unpaired) electrons. The van der Waals surface area contributed by atoms with Crippen LogP contribution in [0.4, 0.5) is 5.69 Å². The average Bonchev–Trinajstić information content (AvgIpc) is 3.49. The molecule has 5 rings (SSSR count). The normalized spacial score (nSPS) is 25.4. The summed E-state index contributed by atoms with van der Waals surface area (Å²) in [6.07, 6.45) is 2.82. The van der Waals surface area contributed by atoms with Crippen LogP contribution in [-0.4, -0.2) is 53.4 Å². The number of anilines is 1. The minimum absolute atomic E-state index is 0.0595. The lowest BCUT2D eigenvalue weighted by atomic mass is 9.81. The lowest BCUT2D eigenvalue weighted by Crippen LogP contribution is -2.53. The summed E-state index contributed by atoms with van der Waals surface area (Å²) >= 11 is 6.00. The van der Waals surface area contributed by atoms with E-state index in [2.05, 4.69) is 6.58 Å². The molecule has 2 aromatic rings. The summed E-state index contributed by atoms with van der Waals surface area (Å²) in [5.41, 5.74) is -0.736. The van der Waals surface area contributed by atoms with Gasteiger partial charge in [-0.2, -0.15) is 0 Å². The first-order chi connectivity index (χ1) is 16.4. The van der Waals surface area contributed by atoms with Crippen LogP contribution in [0.25, 0.3) is 5.76 Å². The summed E-state index contributed by atoms with van der Waals surface area (Å²) in [7, 11) is 0. The number of benzene rings is 2. The molecule has 3 aliphatic heterocycles. The Hall–Kier alpha value is -3.42. The third-order valence-electron chi connectivity index (χ3n) is 6.65. The fourth-order valence-electron chi connectivity index (χ4n) is 5.17. The fraction of sp³-hybridized carbons (Fsp3) is 0.269. The summed E-state index contributed by atoms with van der Waals surface area (Å²) in [5, 5.41) is 11.8. The van der Waals surface area contributed by atoms with Crippen LogP contribution in [0, 0.1) is 0 Å². The topological polar surface area (TPSA) is 87.2 Å². The molecule has 2 fully saturated rings. The number of likely N-dealkylation sites (tertiary alicyclic amines) is 1. The molecule has 34 heavy (non-hydrogen) atoms. The number of hydrogen-bond donors (Lipinski definition) is 1. The first-order valence-corrected chi connectivity index (χ1v) is 11.5. The molecule has 2 saturated heterocycles. The van der Waals surface area contributed by atoms with Crippen LogP contribution in [0.2, 0.25) is 5.02 Å². The van der Waals surface area contributed by atoms with E-state index in [1.54, 1.807) is 54.6 Å². The molecular formula is C26H23ClN2O5. The predicted octanol–water partition coefficient (Wildman–Crippen LogP) is 3.63. The summed E-state index contributed by atoms with van der Waals surface area (Å²) in [6, 6.07) is 13.3. The highest BCUT2D eigenvalue weighted by Crippen LogP contribution is 2.53. The number of carbonyl (C=O) groups excluding carboxylic acids is 3. The molecule has 8 heteroatoms. The van der Waals surface area contributed by atoms with Gasteiger partial charge in [-0.3, -0.25) is 14.4 Å². The Kier molecular flexibility index (Phi) is 5.54. The number of hydrogen-bond acceptors (Lipinski definition) is 5.